The van der Waals surface area contributed by atoms with Gasteiger partial charge in [0.15, 0.2) is 0 Å². The molecule has 10 heteroatoms. The van der Waals surface area contributed by atoms with E-state index in [4.69, 9.17) is 11.6 Å². The molecule has 2 N–H and O–H groups in total. The van der Waals surface area contributed by atoms with Gasteiger partial charge < -0.3 is 25.3 Å². The van der Waals surface area contributed by atoms with E-state index in [0.717, 1.165) is 25.2 Å². The van der Waals surface area contributed by atoms with E-state index in [0.29, 0.717) is 66.7 Å². The summed E-state index contributed by atoms with van der Waals surface area (Å²) in [4.78, 5) is 49.3. The first-order valence-corrected chi connectivity index (χ1v) is 13.5. The highest BCUT2D eigenvalue weighted by atomic mass is 35.5. The van der Waals surface area contributed by atoms with Gasteiger partial charge in [-0.05, 0) is 55.0 Å². The van der Waals surface area contributed by atoms with Gasteiger partial charge in [-0.15, -0.1) is 0 Å². The molecule has 202 valence electrons. The highest BCUT2D eigenvalue weighted by molar-refractivity contribution is 6.31. The molecule has 0 radical (unpaired) electrons. The lowest BCUT2D eigenvalue weighted by atomic mass is 10.1. The molecule has 0 bridgehead atoms. The molecule has 39 heavy (non-hydrogen) atoms. The van der Waals surface area contributed by atoms with Crippen LogP contribution in [-0.2, 0) is 0 Å². The van der Waals surface area contributed by atoms with Gasteiger partial charge in [0.25, 0.3) is 17.7 Å². The molecular formula is C29H31ClN6O3. The van der Waals surface area contributed by atoms with Crippen molar-refractivity contribution >= 4 is 40.7 Å². The van der Waals surface area contributed by atoms with Crippen molar-refractivity contribution in [2.45, 2.75) is 6.42 Å². The van der Waals surface area contributed by atoms with Gasteiger partial charge in [-0.3, -0.25) is 19.4 Å². The normalized spacial score (nSPS) is 16.0. The molecular weight excluding hydrogens is 516 g/mol. The fourth-order valence-corrected chi connectivity index (χ4v) is 5.15. The van der Waals surface area contributed by atoms with Crippen LogP contribution in [0, 0.1) is 0 Å². The molecule has 9 nitrogen and oxygen atoms in total. The van der Waals surface area contributed by atoms with Crippen LogP contribution < -0.4 is 15.5 Å². The predicted molar refractivity (Wildman–Crippen MR) is 152 cm³/mol. The van der Waals surface area contributed by atoms with Crippen molar-refractivity contribution in [3.8, 4) is 0 Å². The van der Waals surface area contributed by atoms with E-state index < -0.39 is 0 Å². The molecule has 0 spiro atoms. The Bertz CT molecular complexity index is 1350. The first-order chi connectivity index (χ1) is 19.0. The number of pyridine rings is 1. The van der Waals surface area contributed by atoms with E-state index in [-0.39, 0.29) is 17.7 Å². The number of halogens is 1. The quantitative estimate of drug-likeness (QED) is 0.509. The lowest BCUT2D eigenvalue weighted by Crippen LogP contribution is -2.46. The summed E-state index contributed by atoms with van der Waals surface area (Å²) < 4.78 is 0. The van der Waals surface area contributed by atoms with Gasteiger partial charge in [0.1, 0.15) is 0 Å². The van der Waals surface area contributed by atoms with Crippen molar-refractivity contribution in [3.05, 3.63) is 88.7 Å². The minimum atomic E-state index is -0.310. The number of piperazine rings is 1. The second-order valence-corrected chi connectivity index (χ2v) is 10.0. The van der Waals surface area contributed by atoms with E-state index in [1.807, 2.05) is 21.9 Å². The largest absolute Gasteiger partial charge is 0.368 e. The van der Waals surface area contributed by atoms with E-state index >= 15 is 0 Å². The van der Waals surface area contributed by atoms with Crippen molar-refractivity contribution in [2.24, 2.45) is 0 Å². The Balaban J connectivity index is 1.40. The standard InChI is InChI=1S/C29H31ClN6O3/c30-24-4-1-3-22(19-24)27(37)33-25-20-23(29(39)36-15-11-32-12-16-36)5-6-26(25)34-13-2-14-35(18-17-34)28(38)21-7-9-31-10-8-21/h1,3-10,19-20,32H,2,11-18H2,(H,33,37). The van der Waals surface area contributed by atoms with Crippen LogP contribution in [-0.4, -0.2) is 84.9 Å². The molecule has 3 amide bonds. The molecule has 3 heterocycles. The Kier molecular flexibility index (Phi) is 8.39. The van der Waals surface area contributed by atoms with Gasteiger partial charge in [0, 0.05) is 86.5 Å². The summed E-state index contributed by atoms with van der Waals surface area (Å²) >= 11 is 6.12. The molecule has 1 aromatic heterocycles. The van der Waals surface area contributed by atoms with Crippen LogP contribution in [0.3, 0.4) is 0 Å². The number of amides is 3. The monoisotopic (exact) mass is 546 g/mol. The first-order valence-electron chi connectivity index (χ1n) is 13.1. The number of carbonyl (C=O) groups is 3. The van der Waals surface area contributed by atoms with Crippen LogP contribution in [0.25, 0.3) is 0 Å². The van der Waals surface area contributed by atoms with Crippen molar-refractivity contribution in [2.75, 3.05) is 62.6 Å². The molecule has 2 saturated heterocycles. The number of hydrogen-bond acceptors (Lipinski definition) is 6. The zero-order chi connectivity index (χ0) is 27.2. The summed E-state index contributed by atoms with van der Waals surface area (Å²) in [5.41, 5.74) is 2.92. The summed E-state index contributed by atoms with van der Waals surface area (Å²) in [7, 11) is 0. The molecule has 0 unspecified atom stereocenters. The van der Waals surface area contributed by atoms with Gasteiger partial charge in [-0.25, -0.2) is 0 Å². The number of aromatic nitrogens is 1. The van der Waals surface area contributed by atoms with E-state index in [9.17, 15) is 14.4 Å². The lowest BCUT2D eigenvalue weighted by Gasteiger charge is -2.29. The number of rotatable bonds is 5. The highest BCUT2D eigenvalue weighted by Crippen LogP contribution is 2.30. The SMILES string of the molecule is O=C(Nc1cc(C(=O)N2CCNCC2)ccc1N1CCCN(C(=O)c2ccncc2)CC1)c1cccc(Cl)c1. The van der Waals surface area contributed by atoms with Crippen molar-refractivity contribution in [1.82, 2.24) is 20.1 Å². The van der Waals surface area contributed by atoms with Gasteiger partial charge in [-0.2, -0.15) is 0 Å². The number of carbonyl (C=O) groups excluding carboxylic acids is 3. The summed E-state index contributed by atoms with van der Waals surface area (Å²) in [6.07, 6.45) is 4.00. The zero-order valence-corrected chi connectivity index (χ0v) is 22.4. The maximum absolute atomic E-state index is 13.3. The number of nitrogens with one attached hydrogen (secondary N) is 2. The Morgan fingerprint density at radius 2 is 1.51 bits per heavy atom. The summed E-state index contributed by atoms with van der Waals surface area (Å²) in [6.45, 7) is 5.23. The van der Waals surface area contributed by atoms with Crippen molar-refractivity contribution in [3.63, 3.8) is 0 Å². The number of hydrogen-bond donors (Lipinski definition) is 2. The highest BCUT2D eigenvalue weighted by Gasteiger charge is 2.24. The fourth-order valence-electron chi connectivity index (χ4n) is 4.96. The van der Waals surface area contributed by atoms with Crippen LogP contribution in [0.2, 0.25) is 5.02 Å². The number of nitrogens with zero attached hydrogens (tertiary/aromatic N) is 4. The molecule has 0 atom stereocenters. The number of benzene rings is 2. The average Bonchev–Trinajstić information content (AvgIpc) is 3.23. The molecule has 0 aliphatic carbocycles. The Hall–Kier alpha value is -3.95. The third kappa shape index (κ3) is 6.38. The third-order valence-electron chi connectivity index (χ3n) is 7.03. The second kappa shape index (κ2) is 12.3. The Morgan fingerprint density at radius 1 is 0.769 bits per heavy atom. The first kappa shape index (κ1) is 26.6. The summed E-state index contributed by atoms with van der Waals surface area (Å²) in [5, 5.41) is 6.75. The number of anilines is 2. The minimum absolute atomic E-state index is 0.0225. The molecule has 2 aliphatic heterocycles. The molecule has 0 saturated carbocycles. The van der Waals surface area contributed by atoms with Crippen LogP contribution in [0.15, 0.2) is 67.0 Å². The summed E-state index contributed by atoms with van der Waals surface area (Å²) in [6, 6.07) is 15.7. The molecule has 2 fully saturated rings. The Labute approximate surface area is 232 Å². The smallest absolute Gasteiger partial charge is 0.255 e. The lowest BCUT2D eigenvalue weighted by molar-refractivity contribution is 0.0734. The zero-order valence-electron chi connectivity index (χ0n) is 21.6. The van der Waals surface area contributed by atoms with Crippen molar-refractivity contribution < 1.29 is 14.4 Å². The molecule has 3 aromatic rings. The topological polar surface area (TPSA) is 97.9 Å². The van der Waals surface area contributed by atoms with Gasteiger partial charge in [0.2, 0.25) is 0 Å². The molecule has 2 aliphatic rings. The molecule has 2 aromatic carbocycles. The van der Waals surface area contributed by atoms with E-state index in [1.165, 1.54) is 0 Å². The second-order valence-electron chi connectivity index (χ2n) is 9.61. The van der Waals surface area contributed by atoms with Gasteiger partial charge in [-0.1, -0.05) is 17.7 Å². The van der Waals surface area contributed by atoms with Crippen LogP contribution in [0.5, 0.6) is 0 Å². The molecule has 5 rings (SSSR count). The Morgan fingerprint density at radius 3 is 2.28 bits per heavy atom. The predicted octanol–water partition coefficient (Wildman–Crippen LogP) is 3.39. The summed E-state index contributed by atoms with van der Waals surface area (Å²) in [5.74, 6) is -0.396. The van der Waals surface area contributed by atoms with Crippen LogP contribution in [0.1, 0.15) is 37.5 Å². The fraction of sp³-hybridized carbons (Fsp3) is 0.310. The van der Waals surface area contributed by atoms with Crippen molar-refractivity contribution in [1.29, 1.82) is 0 Å². The van der Waals surface area contributed by atoms with Crippen LogP contribution in [0.4, 0.5) is 11.4 Å². The maximum Gasteiger partial charge on any atom is 0.255 e. The minimum Gasteiger partial charge on any atom is -0.368 e. The van der Waals surface area contributed by atoms with E-state index in [2.05, 4.69) is 20.5 Å². The van der Waals surface area contributed by atoms with Gasteiger partial charge in [0.05, 0.1) is 11.4 Å². The third-order valence-corrected chi connectivity index (χ3v) is 7.27. The van der Waals surface area contributed by atoms with E-state index in [1.54, 1.807) is 54.9 Å². The van der Waals surface area contributed by atoms with Gasteiger partial charge >= 0.3 is 0 Å². The average molecular weight is 547 g/mol. The maximum atomic E-state index is 13.3. The van der Waals surface area contributed by atoms with Crippen LogP contribution >= 0.6 is 11.6 Å².